The van der Waals surface area contributed by atoms with Crippen LogP contribution in [0.2, 0.25) is 5.02 Å². The fourth-order valence-corrected chi connectivity index (χ4v) is 1.54. The van der Waals surface area contributed by atoms with E-state index in [1.165, 1.54) is 18.2 Å². The van der Waals surface area contributed by atoms with Crippen molar-refractivity contribution in [1.82, 2.24) is 15.3 Å². The molecule has 0 atom stereocenters. The van der Waals surface area contributed by atoms with Crippen LogP contribution >= 0.6 is 11.6 Å². The van der Waals surface area contributed by atoms with E-state index in [4.69, 9.17) is 11.6 Å². The molecule has 1 amide bonds. The normalized spacial score (nSPS) is 10.2. The Kier molecular flexibility index (Phi) is 3.39. The summed E-state index contributed by atoms with van der Waals surface area (Å²) in [6.07, 6.45) is 3.23. The van der Waals surface area contributed by atoms with Gasteiger partial charge in [-0.05, 0) is 12.1 Å². The van der Waals surface area contributed by atoms with E-state index < -0.39 is 11.7 Å². The van der Waals surface area contributed by atoms with Gasteiger partial charge in [0.25, 0.3) is 5.91 Å². The number of amides is 1. The number of H-pyrrole nitrogens is 1. The van der Waals surface area contributed by atoms with Gasteiger partial charge in [-0.15, -0.1) is 0 Å². The van der Waals surface area contributed by atoms with Crippen LogP contribution in [0.1, 0.15) is 16.2 Å². The van der Waals surface area contributed by atoms with Gasteiger partial charge in [0, 0.05) is 12.4 Å². The first-order chi connectivity index (χ1) is 8.18. The Morgan fingerprint density at radius 2 is 2.35 bits per heavy atom. The van der Waals surface area contributed by atoms with Gasteiger partial charge in [0.05, 0.1) is 17.1 Å². The molecule has 0 spiro atoms. The summed E-state index contributed by atoms with van der Waals surface area (Å²) in [6.45, 7) is 0.235. The third-order valence-electron chi connectivity index (χ3n) is 2.17. The number of halogens is 2. The van der Waals surface area contributed by atoms with Crippen LogP contribution in [0.5, 0.6) is 0 Å². The molecule has 0 saturated heterocycles. The lowest BCUT2D eigenvalue weighted by Gasteiger charge is -2.05. The summed E-state index contributed by atoms with van der Waals surface area (Å²) >= 11 is 5.69. The quantitative estimate of drug-likeness (QED) is 0.880. The van der Waals surface area contributed by atoms with Gasteiger partial charge < -0.3 is 10.3 Å². The van der Waals surface area contributed by atoms with Crippen LogP contribution in [0.4, 0.5) is 4.39 Å². The van der Waals surface area contributed by atoms with Crippen molar-refractivity contribution in [1.29, 1.82) is 0 Å². The van der Waals surface area contributed by atoms with Crippen molar-refractivity contribution in [2.75, 3.05) is 0 Å². The van der Waals surface area contributed by atoms with Crippen molar-refractivity contribution >= 4 is 17.5 Å². The number of nitrogens with one attached hydrogen (secondary N) is 2. The molecule has 0 unspecified atom stereocenters. The van der Waals surface area contributed by atoms with Crippen LogP contribution in [0.15, 0.2) is 30.6 Å². The number of aromatic amines is 1. The fourth-order valence-electron chi connectivity index (χ4n) is 1.33. The minimum Gasteiger partial charge on any atom is -0.347 e. The number of benzene rings is 1. The number of hydrogen-bond donors (Lipinski definition) is 2. The number of carbonyl (C=O) groups is 1. The van der Waals surface area contributed by atoms with Crippen LogP contribution in [-0.2, 0) is 6.54 Å². The topological polar surface area (TPSA) is 57.8 Å². The number of carbonyl (C=O) groups excluding carboxylic acids is 1. The summed E-state index contributed by atoms with van der Waals surface area (Å²) < 4.78 is 13.1. The average molecular weight is 254 g/mol. The number of nitrogens with zero attached hydrogens (tertiary/aromatic N) is 1. The largest absolute Gasteiger partial charge is 0.347 e. The third kappa shape index (κ3) is 2.62. The summed E-state index contributed by atoms with van der Waals surface area (Å²) in [4.78, 5) is 18.5. The van der Waals surface area contributed by atoms with E-state index in [0.29, 0.717) is 5.82 Å². The van der Waals surface area contributed by atoms with Crippen LogP contribution in [0.3, 0.4) is 0 Å². The van der Waals surface area contributed by atoms with Gasteiger partial charge in [0.15, 0.2) is 0 Å². The molecular weight excluding hydrogens is 245 g/mol. The lowest BCUT2D eigenvalue weighted by Crippen LogP contribution is -2.23. The number of aromatic nitrogens is 2. The van der Waals surface area contributed by atoms with Gasteiger partial charge in [0.1, 0.15) is 11.6 Å². The van der Waals surface area contributed by atoms with Gasteiger partial charge in [0.2, 0.25) is 0 Å². The van der Waals surface area contributed by atoms with E-state index in [1.807, 2.05) is 0 Å². The minimum absolute atomic E-state index is 0.109. The molecule has 0 radical (unpaired) electrons. The zero-order valence-corrected chi connectivity index (χ0v) is 9.46. The molecule has 17 heavy (non-hydrogen) atoms. The van der Waals surface area contributed by atoms with Crippen molar-refractivity contribution in [3.63, 3.8) is 0 Å². The Morgan fingerprint density at radius 3 is 3.06 bits per heavy atom. The Hall–Kier alpha value is -1.88. The molecule has 2 N–H and O–H groups in total. The lowest BCUT2D eigenvalue weighted by molar-refractivity contribution is 0.0949. The second-order valence-corrected chi connectivity index (χ2v) is 3.70. The highest BCUT2D eigenvalue weighted by molar-refractivity contribution is 6.34. The van der Waals surface area contributed by atoms with Gasteiger partial charge in [-0.1, -0.05) is 17.7 Å². The van der Waals surface area contributed by atoms with Crippen LogP contribution in [-0.4, -0.2) is 15.9 Å². The first kappa shape index (κ1) is 11.6. The highest BCUT2D eigenvalue weighted by Crippen LogP contribution is 2.19. The molecule has 88 valence electrons. The van der Waals surface area contributed by atoms with Crippen molar-refractivity contribution in [3.8, 4) is 0 Å². The summed E-state index contributed by atoms with van der Waals surface area (Å²) in [5.74, 6) is -0.436. The third-order valence-corrected chi connectivity index (χ3v) is 2.55. The molecule has 1 aromatic heterocycles. The molecule has 2 rings (SSSR count). The van der Waals surface area contributed by atoms with E-state index in [1.54, 1.807) is 12.4 Å². The SMILES string of the molecule is O=C(NCc1ncc[nH]1)c1cccc(F)c1Cl. The smallest absolute Gasteiger partial charge is 0.253 e. The molecule has 1 aromatic carbocycles. The summed E-state index contributed by atoms with van der Waals surface area (Å²) in [5.41, 5.74) is 0.109. The predicted octanol–water partition coefficient (Wildman–Crippen LogP) is 2.13. The molecule has 0 saturated carbocycles. The maximum Gasteiger partial charge on any atom is 0.253 e. The first-order valence-electron chi connectivity index (χ1n) is 4.89. The Bertz CT molecular complexity index is 528. The maximum absolute atomic E-state index is 13.1. The van der Waals surface area contributed by atoms with Gasteiger partial charge >= 0.3 is 0 Å². The van der Waals surface area contributed by atoms with Crippen molar-refractivity contribution < 1.29 is 9.18 Å². The van der Waals surface area contributed by atoms with Crippen LogP contribution in [0.25, 0.3) is 0 Å². The standard InChI is InChI=1S/C11H9ClFN3O/c12-10-7(2-1-3-8(10)13)11(17)16-6-9-14-4-5-15-9/h1-5H,6H2,(H,14,15)(H,16,17). The molecule has 0 fully saturated rings. The zero-order chi connectivity index (χ0) is 12.3. The van der Waals surface area contributed by atoms with Crippen molar-refractivity contribution in [2.24, 2.45) is 0 Å². The molecule has 1 heterocycles. The van der Waals surface area contributed by atoms with E-state index in [0.717, 1.165) is 0 Å². The van der Waals surface area contributed by atoms with Crippen molar-refractivity contribution in [3.05, 3.63) is 52.8 Å². The fraction of sp³-hybridized carbons (Fsp3) is 0.0909. The summed E-state index contributed by atoms with van der Waals surface area (Å²) in [5, 5.41) is 2.41. The molecular formula is C11H9ClFN3O. The first-order valence-corrected chi connectivity index (χ1v) is 5.26. The molecule has 2 aromatic rings. The Balaban J connectivity index is 2.07. The molecule has 6 heteroatoms. The van der Waals surface area contributed by atoms with E-state index >= 15 is 0 Å². The minimum atomic E-state index is -0.614. The number of hydrogen-bond acceptors (Lipinski definition) is 2. The predicted molar refractivity (Wildman–Crippen MR) is 61.2 cm³/mol. The second-order valence-electron chi connectivity index (χ2n) is 3.32. The number of rotatable bonds is 3. The Morgan fingerprint density at radius 1 is 1.53 bits per heavy atom. The molecule has 0 bridgehead atoms. The maximum atomic E-state index is 13.1. The highest BCUT2D eigenvalue weighted by atomic mass is 35.5. The monoisotopic (exact) mass is 253 g/mol. The molecule has 0 aliphatic carbocycles. The van der Waals surface area contributed by atoms with Gasteiger partial charge in [-0.25, -0.2) is 9.37 Å². The van der Waals surface area contributed by atoms with E-state index in [2.05, 4.69) is 15.3 Å². The number of imidazole rings is 1. The molecule has 4 nitrogen and oxygen atoms in total. The zero-order valence-electron chi connectivity index (χ0n) is 8.71. The van der Waals surface area contributed by atoms with Crippen molar-refractivity contribution in [2.45, 2.75) is 6.54 Å². The Labute approximate surface area is 102 Å². The van der Waals surface area contributed by atoms with E-state index in [-0.39, 0.29) is 17.1 Å². The highest BCUT2D eigenvalue weighted by Gasteiger charge is 2.13. The second kappa shape index (κ2) is 4.97. The van der Waals surface area contributed by atoms with E-state index in [9.17, 15) is 9.18 Å². The average Bonchev–Trinajstić information content (AvgIpc) is 2.82. The van der Waals surface area contributed by atoms with Gasteiger partial charge in [-0.2, -0.15) is 0 Å². The van der Waals surface area contributed by atoms with Gasteiger partial charge in [-0.3, -0.25) is 4.79 Å². The van der Waals surface area contributed by atoms with Crippen LogP contribution in [0, 0.1) is 5.82 Å². The summed E-state index contributed by atoms with van der Waals surface area (Å²) in [7, 11) is 0. The van der Waals surface area contributed by atoms with Crippen LogP contribution < -0.4 is 5.32 Å². The summed E-state index contributed by atoms with van der Waals surface area (Å²) in [6, 6.07) is 4.09. The lowest BCUT2D eigenvalue weighted by atomic mass is 10.2. The molecule has 0 aliphatic heterocycles. The molecule has 0 aliphatic rings.